The van der Waals surface area contributed by atoms with E-state index in [2.05, 4.69) is 25.6 Å². The average Bonchev–Trinajstić information content (AvgIpc) is 3.44. The summed E-state index contributed by atoms with van der Waals surface area (Å²) in [6.07, 6.45) is 8.28. The molecule has 0 bridgehead atoms. The number of amides is 1. The number of hydrogen-bond donors (Lipinski definition) is 2. The number of nitrogens with one attached hydrogen (secondary N) is 2. The fourth-order valence-corrected chi connectivity index (χ4v) is 3.57. The summed E-state index contributed by atoms with van der Waals surface area (Å²) in [5.74, 6) is -0.527. The topological polar surface area (TPSA) is 87.5 Å². The Balaban J connectivity index is 1.22. The summed E-state index contributed by atoms with van der Waals surface area (Å²) in [5, 5.41) is 5.82. The summed E-state index contributed by atoms with van der Waals surface area (Å²) < 4.78 is 30.2. The van der Waals surface area contributed by atoms with Gasteiger partial charge in [-0.25, -0.2) is 23.7 Å². The quantitative estimate of drug-likeness (QED) is 0.644. The predicted octanol–water partition coefficient (Wildman–Crippen LogP) is 2.10. The Morgan fingerprint density at radius 3 is 2.77 bits per heavy atom. The Hall–Kier alpha value is -3.14. The minimum Gasteiger partial charge on any atom is -0.349 e. The summed E-state index contributed by atoms with van der Waals surface area (Å²) in [6.45, 7) is 2.60. The first kappa shape index (κ1) is 18.9. The van der Waals surface area contributed by atoms with Crippen molar-refractivity contribution in [3.05, 3.63) is 48.1 Å². The molecular formula is C20H21F2N7O. The van der Waals surface area contributed by atoms with Crippen LogP contribution in [0.4, 0.5) is 20.3 Å². The molecule has 1 saturated carbocycles. The summed E-state index contributed by atoms with van der Waals surface area (Å²) in [5.41, 5.74) is -0.0230. The van der Waals surface area contributed by atoms with Gasteiger partial charge in [-0.05, 0) is 19.8 Å². The second-order valence-electron chi connectivity index (χ2n) is 8.07. The molecule has 1 aliphatic carbocycles. The number of carbonyl (C=O) groups excluding carboxylic acids is 1. The van der Waals surface area contributed by atoms with E-state index in [0.29, 0.717) is 24.1 Å². The Kier molecular flexibility index (Phi) is 4.39. The number of imidazole rings is 1. The van der Waals surface area contributed by atoms with Gasteiger partial charge < -0.3 is 19.9 Å². The van der Waals surface area contributed by atoms with E-state index in [1.165, 1.54) is 22.9 Å². The van der Waals surface area contributed by atoms with Gasteiger partial charge in [-0.3, -0.25) is 4.79 Å². The van der Waals surface area contributed by atoms with E-state index in [4.69, 9.17) is 0 Å². The number of halogens is 2. The highest BCUT2D eigenvalue weighted by Gasteiger charge is 2.44. The Bertz CT molecular complexity index is 1100. The van der Waals surface area contributed by atoms with Crippen LogP contribution in [0.5, 0.6) is 0 Å². The van der Waals surface area contributed by atoms with Crippen LogP contribution in [-0.4, -0.2) is 56.6 Å². The number of anilines is 2. The second kappa shape index (κ2) is 6.98. The van der Waals surface area contributed by atoms with Crippen molar-refractivity contribution in [2.24, 2.45) is 0 Å². The molecule has 8 nitrogen and oxygen atoms in total. The van der Waals surface area contributed by atoms with E-state index in [-0.39, 0.29) is 30.1 Å². The second-order valence-corrected chi connectivity index (χ2v) is 8.07. The summed E-state index contributed by atoms with van der Waals surface area (Å²) >= 11 is 0. The number of aryl methyl sites for hydroxylation is 1. The monoisotopic (exact) mass is 413 g/mol. The molecule has 0 radical (unpaired) electrons. The third-order valence-electron chi connectivity index (χ3n) is 5.31. The van der Waals surface area contributed by atoms with Crippen molar-refractivity contribution in [3.8, 4) is 0 Å². The lowest BCUT2D eigenvalue weighted by molar-refractivity contribution is 0.102. The molecular weight excluding hydrogens is 392 g/mol. The maximum Gasteiger partial charge on any atom is 0.275 e. The van der Waals surface area contributed by atoms with Crippen molar-refractivity contribution >= 4 is 23.1 Å². The first-order valence-corrected chi connectivity index (χ1v) is 9.84. The molecule has 0 unspecified atom stereocenters. The molecule has 0 spiro atoms. The zero-order valence-electron chi connectivity index (χ0n) is 16.4. The van der Waals surface area contributed by atoms with Crippen molar-refractivity contribution in [1.82, 2.24) is 24.7 Å². The van der Waals surface area contributed by atoms with Gasteiger partial charge in [0.2, 0.25) is 0 Å². The number of fused-ring (bicyclic) bond motifs is 1. The van der Waals surface area contributed by atoms with Gasteiger partial charge >= 0.3 is 0 Å². The molecule has 30 heavy (non-hydrogen) atoms. The van der Waals surface area contributed by atoms with Crippen LogP contribution in [0, 0.1) is 12.7 Å². The van der Waals surface area contributed by atoms with Gasteiger partial charge in [0.15, 0.2) is 17.1 Å². The van der Waals surface area contributed by atoms with Crippen LogP contribution in [0.25, 0.3) is 5.65 Å². The van der Waals surface area contributed by atoms with Crippen LogP contribution in [0.15, 0.2) is 30.9 Å². The predicted molar refractivity (Wildman–Crippen MR) is 107 cm³/mol. The van der Waals surface area contributed by atoms with E-state index < -0.39 is 17.4 Å². The fourth-order valence-electron chi connectivity index (χ4n) is 3.57. The Morgan fingerprint density at radius 1 is 1.27 bits per heavy atom. The van der Waals surface area contributed by atoms with Crippen molar-refractivity contribution in [2.75, 3.05) is 29.9 Å². The lowest BCUT2D eigenvalue weighted by Gasteiger charge is -2.45. The molecule has 10 heteroatoms. The maximum absolute atomic E-state index is 14.6. The van der Waals surface area contributed by atoms with Gasteiger partial charge in [0.1, 0.15) is 11.5 Å². The van der Waals surface area contributed by atoms with E-state index >= 15 is 0 Å². The van der Waals surface area contributed by atoms with E-state index in [1.807, 2.05) is 0 Å². The molecule has 1 saturated heterocycles. The molecule has 1 amide bonds. The minimum atomic E-state index is -1.26. The third-order valence-corrected chi connectivity index (χ3v) is 5.31. The van der Waals surface area contributed by atoms with Gasteiger partial charge in [0.25, 0.3) is 5.91 Å². The highest BCUT2D eigenvalue weighted by molar-refractivity contribution is 6.02. The number of carbonyl (C=O) groups is 1. The number of nitrogens with zero attached hydrogens (tertiary/aromatic N) is 5. The first-order valence-electron chi connectivity index (χ1n) is 9.84. The van der Waals surface area contributed by atoms with Crippen LogP contribution in [0.2, 0.25) is 0 Å². The molecule has 2 N–H and O–H groups in total. The smallest absolute Gasteiger partial charge is 0.275 e. The van der Waals surface area contributed by atoms with Gasteiger partial charge in [-0.15, -0.1) is 0 Å². The van der Waals surface area contributed by atoms with Crippen molar-refractivity contribution in [2.45, 2.75) is 31.5 Å². The number of aromatic nitrogens is 4. The molecule has 0 atom stereocenters. The standard InChI is InChI=1S/C20H21F2N7O/c1-12-7-28-8-14(4-15(21)18(28)26-12)27-19(30)16-5-24-17(6-23-16)29-10-20(22,11-29)9-25-13-2-3-13/h4-8,13,25H,2-3,9-11H2,1H3,(H,27,30). The van der Waals surface area contributed by atoms with Gasteiger partial charge in [0.05, 0.1) is 36.9 Å². The zero-order valence-corrected chi connectivity index (χ0v) is 16.4. The summed E-state index contributed by atoms with van der Waals surface area (Å²) in [7, 11) is 0. The molecule has 3 aromatic rings. The molecule has 0 aromatic carbocycles. The van der Waals surface area contributed by atoms with E-state index in [9.17, 15) is 13.6 Å². The zero-order chi connectivity index (χ0) is 20.9. The molecule has 3 aromatic heterocycles. The molecule has 156 valence electrons. The number of pyridine rings is 1. The van der Waals surface area contributed by atoms with Crippen LogP contribution >= 0.6 is 0 Å². The van der Waals surface area contributed by atoms with Crippen LogP contribution in [0.1, 0.15) is 29.0 Å². The first-order chi connectivity index (χ1) is 14.4. The van der Waals surface area contributed by atoms with Crippen molar-refractivity contribution in [3.63, 3.8) is 0 Å². The minimum absolute atomic E-state index is 0.0866. The molecule has 4 heterocycles. The maximum atomic E-state index is 14.6. The van der Waals surface area contributed by atoms with Crippen molar-refractivity contribution < 1.29 is 13.6 Å². The lowest BCUT2D eigenvalue weighted by atomic mass is 9.96. The number of alkyl halides is 1. The van der Waals surface area contributed by atoms with Crippen LogP contribution in [0.3, 0.4) is 0 Å². The highest BCUT2D eigenvalue weighted by atomic mass is 19.1. The SMILES string of the molecule is Cc1cn2cc(NC(=O)c3cnc(N4CC(F)(CNC5CC5)C4)cn3)cc(F)c2n1. The van der Waals surface area contributed by atoms with Crippen LogP contribution < -0.4 is 15.5 Å². The Labute approximate surface area is 171 Å². The highest BCUT2D eigenvalue weighted by Crippen LogP contribution is 2.30. The van der Waals surface area contributed by atoms with Gasteiger partial charge in [0, 0.05) is 31.0 Å². The third kappa shape index (κ3) is 3.70. The molecule has 2 aliphatic rings. The van der Waals surface area contributed by atoms with Gasteiger partial charge in [-0.1, -0.05) is 0 Å². The molecule has 5 rings (SSSR count). The summed E-state index contributed by atoms with van der Waals surface area (Å²) in [4.78, 5) is 26.7. The number of rotatable bonds is 6. The Morgan fingerprint density at radius 2 is 2.07 bits per heavy atom. The lowest BCUT2D eigenvalue weighted by Crippen LogP contribution is -2.63. The van der Waals surface area contributed by atoms with Crippen molar-refractivity contribution in [1.29, 1.82) is 0 Å². The van der Waals surface area contributed by atoms with E-state index in [1.54, 1.807) is 24.2 Å². The number of hydrogen-bond acceptors (Lipinski definition) is 6. The molecule has 1 aliphatic heterocycles. The molecule has 2 fully saturated rings. The average molecular weight is 413 g/mol. The van der Waals surface area contributed by atoms with Gasteiger partial charge in [-0.2, -0.15) is 0 Å². The normalized spacial score (nSPS) is 17.8. The largest absolute Gasteiger partial charge is 0.349 e. The van der Waals surface area contributed by atoms with Crippen LogP contribution in [-0.2, 0) is 0 Å². The van der Waals surface area contributed by atoms with E-state index in [0.717, 1.165) is 12.8 Å². The fraction of sp³-hybridized carbons (Fsp3) is 0.400. The summed E-state index contributed by atoms with van der Waals surface area (Å²) in [6, 6.07) is 1.68.